The average molecular weight is 296 g/mol. The van der Waals surface area contributed by atoms with Crippen LogP contribution in [0, 0.1) is 6.92 Å². The molecule has 22 heavy (non-hydrogen) atoms. The minimum Gasteiger partial charge on any atom is -0.495 e. The fourth-order valence-corrected chi connectivity index (χ4v) is 2.92. The molecular formula is C18H20N2O2. The Bertz CT molecular complexity index is 672. The summed E-state index contributed by atoms with van der Waals surface area (Å²) in [6, 6.07) is 14.0. The lowest BCUT2D eigenvalue weighted by Gasteiger charge is -2.15. The minimum absolute atomic E-state index is 0.146. The van der Waals surface area contributed by atoms with E-state index in [-0.39, 0.29) is 12.1 Å². The zero-order valence-electron chi connectivity index (χ0n) is 12.8. The number of amides is 2. The monoisotopic (exact) mass is 296 g/mol. The highest BCUT2D eigenvalue weighted by Gasteiger charge is 2.22. The SMILES string of the molecule is COc1ccc(C)cc1NC(=O)NC1Cc2ccccc2C1. The van der Waals surface area contributed by atoms with Gasteiger partial charge in [0.25, 0.3) is 0 Å². The van der Waals surface area contributed by atoms with Crippen molar-refractivity contribution >= 4 is 11.7 Å². The van der Waals surface area contributed by atoms with Crippen LogP contribution in [0.3, 0.4) is 0 Å². The van der Waals surface area contributed by atoms with E-state index in [1.165, 1.54) is 11.1 Å². The summed E-state index contributed by atoms with van der Waals surface area (Å²) in [6.45, 7) is 1.98. The highest BCUT2D eigenvalue weighted by atomic mass is 16.5. The third-order valence-corrected chi connectivity index (χ3v) is 3.99. The van der Waals surface area contributed by atoms with E-state index < -0.39 is 0 Å². The molecule has 0 aromatic heterocycles. The predicted octanol–water partition coefficient (Wildman–Crippen LogP) is 3.29. The van der Waals surface area contributed by atoms with Crippen LogP contribution in [0.5, 0.6) is 5.75 Å². The molecule has 0 saturated heterocycles. The van der Waals surface area contributed by atoms with E-state index >= 15 is 0 Å². The van der Waals surface area contributed by atoms with Gasteiger partial charge in [0, 0.05) is 6.04 Å². The van der Waals surface area contributed by atoms with Gasteiger partial charge < -0.3 is 15.4 Å². The molecule has 0 unspecified atom stereocenters. The Kier molecular flexibility index (Phi) is 4.00. The van der Waals surface area contributed by atoms with Crippen LogP contribution in [0.2, 0.25) is 0 Å². The van der Waals surface area contributed by atoms with E-state index in [1.807, 2.05) is 37.3 Å². The summed E-state index contributed by atoms with van der Waals surface area (Å²) in [6.07, 6.45) is 1.77. The van der Waals surface area contributed by atoms with Crippen LogP contribution in [-0.2, 0) is 12.8 Å². The van der Waals surface area contributed by atoms with Crippen molar-refractivity contribution < 1.29 is 9.53 Å². The van der Waals surface area contributed by atoms with Gasteiger partial charge in [-0.25, -0.2) is 4.79 Å². The molecule has 0 radical (unpaired) electrons. The van der Waals surface area contributed by atoms with Gasteiger partial charge in [0.1, 0.15) is 5.75 Å². The molecule has 0 fully saturated rings. The summed E-state index contributed by atoms with van der Waals surface area (Å²) in [7, 11) is 1.60. The first-order chi connectivity index (χ1) is 10.7. The molecule has 114 valence electrons. The summed E-state index contributed by atoms with van der Waals surface area (Å²) < 4.78 is 5.28. The molecule has 2 aromatic carbocycles. The van der Waals surface area contributed by atoms with Crippen molar-refractivity contribution in [1.82, 2.24) is 5.32 Å². The summed E-state index contributed by atoms with van der Waals surface area (Å²) >= 11 is 0. The first-order valence-corrected chi connectivity index (χ1v) is 7.44. The van der Waals surface area contributed by atoms with Crippen LogP contribution in [0.1, 0.15) is 16.7 Å². The van der Waals surface area contributed by atoms with Crippen molar-refractivity contribution in [3.63, 3.8) is 0 Å². The Balaban J connectivity index is 1.63. The first kappa shape index (κ1) is 14.4. The summed E-state index contributed by atoms with van der Waals surface area (Å²) in [5.74, 6) is 0.662. The van der Waals surface area contributed by atoms with Gasteiger partial charge in [0.05, 0.1) is 12.8 Å². The number of hydrogen-bond acceptors (Lipinski definition) is 2. The van der Waals surface area contributed by atoms with Crippen molar-refractivity contribution in [1.29, 1.82) is 0 Å². The Hall–Kier alpha value is -2.49. The van der Waals surface area contributed by atoms with Crippen LogP contribution >= 0.6 is 0 Å². The van der Waals surface area contributed by atoms with Crippen LogP contribution in [0.4, 0.5) is 10.5 Å². The Morgan fingerprint density at radius 2 is 1.82 bits per heavy atom. The highest BCUT2D eigenvalue weighted by molar-refractivity contribution is 5.91. The Labute approximate surface area is 130 Å². The average Bonchev–Trinajstić information content (AvgIpc) is 2.89. The van der Waals surface area contributed by atoms with Crippen molar-refractivity contribution in [3.05, 3.63) is 59.2 Å². The summed E-state index contributed by atoms with van der Waals surface area (Å²) in [5.41, 5.74) is 4.40. The van der Waals surface area contributed by atoms with E-state index in [2.05, 4.69) is 22.8 Å². The van der Waals surface area contributed by atoms with Gasteiger partial charge in [0.15, 0.2) is 0 Å². The first-order valence-electron chi connectivity index (χ1n) is 7.44. The Morgan fingerprint density at radius 1 is 1.14 bits per heavy atom. The maximum atomic E-state index is 12.2. The second-order valence-corrected chi connectivity index (χ2v) is 5.68. The van der Waals surface area contributed by atoms with Gasteiger partial charge in [-0.3, -0.25) is 0 Å². The molecular weight excluding hydrogens is 276 g/mol. The number of methoxy groups -OCH3 is 1. The van der Waals surface area contributed by atoms with Crippen LogP contribution in [-0.4, -0.2) is 19.2 Å². The maximum Gasteiger partial charge on any atom is 0.319 e. The summed E-state index contributed by atoms with van der Waals surface area (Å²) in [5, 5.41) is 5.92. The molecule has 2 aromatic rings. The molecule has 0 spiro atoms. The predicted molar refractivity (Wildman–Crippen MR) is 87.5 cm³/mol. The molecule has 2 amide bonds. The van der Waals surface area contributed by atoms with Crippen molar-refractivity contribution in [2.24, 2.45) is 0 Å². The molecule has 0 aliphatic heterocycles. The van der Waals surface area contributed by atoms with E-state index in [0.717, 1.165) is 18.4 Å². The highest BCUT2D eigenvalue weighted by Crippen LogP contribution is 2.25. The minimum atomic E-state index is -0.193. The number of carbonyl (C=O) groups is 1. The third kappa shape index (κ3) is 3.06. The Morgan fingerprint density at radius 3 is 2.45 bits per heavy atom. The molecule has 4 heteroatoms. The fourth-order valence-electron chi connectivity index (χ4n) is 2.92. The molecule has 0 atom stereocenters. The largest absolute Gasteiger partial charge is 0.495 e. The van der Waals surface area contributed by atoms with Crippen LogP contribution in [0.15, 0.2) is 42.5 Å². The topological polar surface area (TPSA) is 50.4 Å². The molecule has 0 saturated carbocycles. The number of hydrogen-bond donors (Lipinski definition) is 2. The second-order valence-electron chi connectivity index (χ2n) is 5.68. The number of rotatable bonds is 3. The molecule has 0 bridgehead atoms. The van der Waals surface area contributed by atoms with Crippen molar-refractivity contribution in [2.45, 2.75) is 25.8 Å². The molecule has 3 rings (SSSR count). The van der Waals surface area contributed by atoms with Crippen molar-refractivity contribution in [3.8, 4) is 5.75 Å². The van der Waals surface area contributed by atoms with Crippen LogP contribution in [0.25, 0.3) is 0 Å². The van der Waals surface area contributed by atoms with E-state index in [0.29, 0.717) is 11.4 Å². The quantitative estimate of drug-likeness (QED) is 0.913. The normalized spacial score (nSPS) is 13.5. The van der Waals surface area contributed by atoms with Gasteiger partial charge in [0.2, 0.25) is 0 Å². The van der Waals surface area contributed by atoms with E-state index in [4.69, 9.17) is 4.74 Å². The lowest BCUT2D eigenvalue weighted by Crippen LogP contribution is -2.38. The molecule has 1 aliphatic rings. The number of carbonyl (C=O) groups excluding carboxylic acids is 1. The lowest BCUT2D eigenvalue weighted by atomic mass is 10.1. The third-order valence-electron chi connectivity index (χ3n) is 3.99. The van der Waals surface area contributed by atoms with Gasteiger partial charge in [-0.2, -0.15) is 0 Å². The molecule has 2 N–H and O–H groups in total. The molecule has 4 nitrogen and oxygen atoms in total. The number of urea groups is 1. The van der Waals surface area contributed by atoms with Gasteiger partial charge in [-0.05, 0) is 48.6 Å². The molecule has 1 aliphatic carbocycles. The summed E-state index contributed by atoms with van der Waals surface area (Å²) in [4.78, 5) is 12.2. The fraction of sp³-hybridized carbons (Fsp3) is 0.278. The number of nitrogens with one attached hydrogen (secondary N) is 2. The standard InChI is InChI=1S/C18H20N2O2/c1-12-7-8-17(22-2)16(9-12)20-18(21)19-15-10-13-5-3-4-6-14(13)11-15/h3-9,15H,10-11H2,1-2H3,(H2,19,20,21). The number of ether oxygens (including phenoxy) is 1. The van der Waals surface area contributed by atoms with E-state index in [1.54, 1.807) is 7.11 Å². The zero-order chi connectivity index (χ0) is 15.5. The smallest absolute Gasteiger partial charge is 0.319 e. The van der Waals surface area contributed by atoms with Gasteiger partial charge >= 0.3 is 6.03 Å². The lowest BCUT2D eigenvalue weighted by molar-refractivity contribution is 0.248. The number of fused-ring (bicyclic) bond motifs is 1. The number of aryl methyl sites for hydroxylation is 1. The second kappa shape index (κ2) is 6.10. The number of anilines is 1. The number of benzene rings is 2. The van der Waals surface area contributed by atoms with Gasteiger partial charge in [-0.1, -0.05) is 30.3 Å². The van der Waals surface area contributed by atoms with Gasteiger partial charge in [-0.15, -0.1) is 0 Å². The van der Waals surface area contributed by atoms with Crippen molar-refractivity contribution in [2.75, 3.05) is 12.4 Å². The van der Waals surface area contributed by atoms with Crippen LogP contribution < -0.4 is 15.4 Å². The zero-order valence-corrected chi connectivity index (χ0v) is 12.8. The maximum absolute atomic E-state index is 12.2. The van der Waals surface area contributed by atoms with E-state index in [9.17, 15) is 4.79 Å². The molecule has 0 heterocycles.